The second-order valence-electron chi connectivity index (χ2n) is 2.48. The number of rotatable bonds is 0. The van der Waals surface area contributed by atoms with Gasteiger partial charge in [-0.25, -0.2) is 4.39 Å². The van der Waals surface area contributed by atoms with Crippen molar-refractivity contribution in [1.82, 2.24) is 4.90 Å². The zero-order valence-electron chi connectivity index (χ0n) is 6.44. The molecule has 0 aromatic heterocycles. The summed E-state index contributed by atoms with van der Waals surface area (Å²) in [6.07, 6.45) is 4.49. The number of halogens is 2. The van der Waals surface area contributed by atoms with Gasteiger partial charge in [0.2, 0.25) is 0 Å². The average molecular weight is 174 g/mol. The highest BCUT2D eigenvalue weighted by Gasteiger charge is 2.04. The molecule has 1 aliphatic rings. The largest absolute Gasteiger partial charge is 0.339 e. The first kappa shape index (κ1) is 8.34. The van der Waals surface area contributed by atoms with Crippen LogP contribution in [-0.2, 0) is 0 Å². The lowest BCUT2D eigenvalue weighted by Gasteiger charge is -2.09. The molecule has 0 aliphatic carbocycles. The van der Waals surface area contributed by atoms with Gasteiger partial charge in [0.25, 0.3) is 0 Å². The summed E-state index contributed by atoms with van der Waals surface area (Å²) in [5, 5.41) is 0.520. The van der Waals surface area contributed by atoms with Crippen molar-refractivity contribution in [3.8, 4) is 0 Å². The van der Waals surface area contributed by atoms with E-state index in [1.807, 2.05) is 0 Å². The minimum absolute atomic E-state index is 0.281. The third-order valence-electron chi connectivity index (χ3n) is 1.37. The molecular weight excluding hydrogens is 165 g/mol. The van der Waals surface area contributed by atoms with Crippen molar-refractivity contribution < 1.29 is 4.39 Å². The first-order valence-corrected chi connectivity index (χ1v) is 3.63. The topological polar surface area (TPSA) is 3.24 Å². The van der Waals surface area contributed by atoms with Gasteiger partial charge in [0.1, 0.15) is 11.0 Å². The second-order valence-corrected chi connectivity index (χ2v) is 2.87. The summed E-state index contributed by atoms with van der Waals surface area (Å²) in [5.74, 6) is -0.281. The lowest BCUT2D eigenvalue weighted by molar-refractivity contribution is 0.564. The molecule has 3 heteroatoms. The molecule has 0 saturated carbocycles. The zero-order valence-corrected chi connectivity index (χ0v) is 7.19. The third kappa shape index (κ3) is 2.09. The maximum Gasteiger partial charge on any atom is 0.139 e. The molecule has 0 saturated heterocycles. The van der Waals surface area contributed by atoms with Crippen LogP contribution in [0.15, 0.2) is 34.9 Å². The predicted octanol–water partition coefficient (Wildman–Crippen LogP) is 2.77. The third-order valence-corrected chi connectivity index (χ3v) is 1.74. The van der Waals surface area contributed by atoms with E-state index in [-0.39, 0.29) is 5.83 Å². The van der Waals surface area contributed by atoms with Crippen molar-refractivity contribution in [2.45, 2.75) is 6.92 Å². The highest BCUT2D eigenvalue weighted by Crippen LogP contribution is 2.18. The van der Waals surface area contributed by atoms with Gasteiger partial charge in [-0.15, -0.1) is 0 Å². The monoisotopic (exact) mass is 173 g/mol. The van der Waals surface area contributed by atoms with Crippen molar-refractivity contribution in [3.05, 3.63) is 34.9 Å². The van der Waals surface area contributed by atoms with Crippen LogP contribution in [0, 0.1) is 0 Å². The summed E-state index contributed by atoms with van der Waals surface area (Å²) in [5.41, 5.74) is 0.813. The molecule has 11 heavy (non-hydrogen) atoms. The van der Waals surface area contributed by atoms with E-state index in [9.17, 15) is 4.39 Å². The van der Waals surface area contributed by atoms with E-state index in [2.05, 4.69) is 0 Å². The number of allylic oxidation sites excluding steroid dienone is 4. The van der Waals surface area contributed by atoms with Crippen LogP contribution in [-0.4, -0.2) is 11.9 Å². The SMILES string of the molecule is CC1=CC(F)=CN(C)C(Cl)=C1. The van der Waals surface area contributed by atoms with E-state index in [0.29, 0.717) is 5.16 Å². The van der Waals surface area contributed by atoms with E-state index in [4.69, 9.17) is 11.6 Å². The number of hydrogen-bond acceptors (Lipinski definition) is 1. The Kier molecular flexibility index (Phi) is 2.35. The predicted molar refractivity (Wildman–Crippen MR) is 44.6 cm³/mol. The summed E-state index contributed by atoms with van der Waals surface area (Å²) in [6.45, 7) is 1.80. The Balaban J connectivity index is 3.01. The molecule has 0 bridgehead atoms. The van der Waals surface area contributed by atoms with Crippen molar-refractivity contribution in [1.29, 1.82) is 0 Å². The van der Waals surface area contributed by atoms with E-state index >= 15 is 0 Å². The molecule has 1 rings (SSSR count). The molecule has 0 radical (unpaired) electrons. The summed E-state index contributed by atoms with van der Waals surface area (Å²) < 4.78 is 12.8. The molecule has 60 valence electrons. The second kappa shape index (κ2) is 3.09. The molecule has 1 heterocycles. The van der Waals surface area contributed by atoms with E-state index in [1.54, 1.807) is 20.0 Å². The highest BCUT2D eigenvalue weighted by atomic mass is 35.5. The van der Waals surface area contributed by atoms with Gasteiger partial charge < -0.3 is 4.90 Å². The van der Waals surface area contributed by atoms with Crippen molar-refractivity contribution in [2.24, 2.45) is 0 Å². The fourth-order valence-corrected chi connectivity index (χ4v) is 1.05. The summed E-state index contributed by atoms with van der Waals surface area (Å²) in [7, 11) is 1.70. The quantitative estimate of drug-likeness (QED) is 0.510. The Morgan fingerprint density at radius 2 is 2.09 bits per heavy atom. The van der Waals surface area contributed by atoms with Gasteiger partial charge in [-0.1, -0.05) is 11.6 Å². The fourth-order valence-electron chi connectivity index (χ4n) is 0.833. The standard InChI is InChI=1S/C8H9ClFN/c1-6-3-7(10)5-11(2)8(9)4-6/h3-5H,1-2H3. The maximum atomic E-state index is 12.8. The molecule has 0 unspecified atom stereocenters. The molecule has 0 N–H and O–H groups in total. The molecule has 0 amide bonds. The Labute approximate surface area is 70.4 Å². The van der Waals surface area contributed by atoms with Crippen LogP contribution in [0.1, 0.15) is 6.92 Å². The normalized spacial score (nSPS) is 18.5. The first-order valence-electron chi connectivity index (χ1n) is 3.25. The van der Waals surface area contributed by atoms with Gasteiger partial charge in [0, 0.05) is 13.2 Å². The molecule has 0 aromatic rings. The Morgan fingerprint density at radius 1 is 1.45 bits per heavy atom. The fraction of sp³-hybridized carbons (Fsp3) is 0.250. The zero-order chi connectivity index (χ0) is 8.43. The summed E-state index contributed by atoms with van der Waals surface area (Å²) in [6, 6.07) is 0. The van der Waals surface area contributed by atoms with Gasteiger partial charge >= 0.3 is 0 Å². The number of nitrogens with zero attached hydrogens (tertiary/aromatic N) is 1. The summed E-state index contributed by atoms with van der Waals surface area (Å²) in [4.78, 5) is 1.53. The number of hydrogen-bond donors (Lipinski definition) is 0. The molecular formula is C8H9ClFN. The molecule has 0 fully saturated rings. The molecule has 1 aliphatic heterocycles. The van der Waals surface area contributed by atoms with Crippen LogP contribution in [0.25, 0.3) is 0 Å². The highest BCUT2D eigenvalue weighted by molar-refractivity contribution is 6.29. The lowest BCUT2D eigenvalue weighted by Crippen LogP contribution is -2.04. The summed E-state index contributed by atoms with van der Waals surface area (Å²) >= 11 is 5.77. The van der Waals surface area contributed by atoms with E-state index in [1.165, 1.54) is 17.2 Å². The van der Waals surface area contributed by atoms with Gasteiger partial charge in [0.05, 0.1) is 0 Å². The van der Waals surface area contributed by atoms with Crippen LogP contribution in [0.2, 0.25) is 0 Å². The minimum atomic E-state index is -0.281. The first-order chi connectivity index (χ1) is 5.09. The molecule has 0 spiro atoms. The lowest BCUT2D eigenvalue weighted by atomic mass is 10.3. The van der Waals surface area contributed by atoms with Crippen molar-refractivity contribution in [3.63, 3.8) is 0 Å². The smallest absolute Gasteiger partial charge is 0.139 e. The average Bonchev–Trinajstić information content (AvgIpc) is 1.93. The maximum absolute atomic E-state index is 12.8. The Bertz CT molecular complexity index is 253. The van der Waals surface area contributed by atoms with Gasteiger partial charge in [-0.3, -0.25) is 0 Å². The van der Waals surface area contributed by atoms with Crippen molar-refractivity contribution in [2.75, 3.05) is 7.05 Å². The van der Waals surface area contributed by atoms with Crippen LogP contribution >= 0.6 is 11.6 Å². The Morgan fingerprint density at radius 3 is 2.73 bits per heavy atom. The van der Waals surface area contributed by atoms with Crippen LogP contribution in [0.5, 0.6) is 0 Å². The Hall–Kier alpha value is -0.760. The molecule has 0 atom stereocenters. The minimum Gasteiger partial charge on any atom is -0.339 e. The van der Waals surface area contributed by atoms with Crippen LogP contribution < -0.4 is 0 Å². The molecule has 1 nitrogen and oxygen atoms in total. The van der Waals surface area contributed by atoms with Gasteiger partial charge in [-0.2, -0.15) is 0 Å². The van der Waals surface area contributed by atoms with Crippen LogP contribution in [0.3, 0.4) is 0 Å². The van der Waals surface area contributed by atoms with Crippen molar-refractivity contribution >= 4 is 11.6 Å². The van der Waals surface area contributed by atoms with Crippen LogP contribution in [0.4, 0.5) is 4.39 Å². The van der Waals surface area contributed by atoms with Gasteiger partial charge in [-0.05, 0) is 24.6 Å². The van der Waals surface area contributed by atoms with E-state index < -0.39 is 0 Å². The van der Waals surface area contributed by atoms with E-state index in [0.717, 1.165) is 5.57 Å². The van der Waals surface area contributed by atoms with Gasteiger partial charge in [0.15, 0.2) is 0 Å². The molecule has 0 aromatic carbocycles.